The summed E-state index contributed by atoms with van der Waals surface area (Å²) in [4.78, 5) is 63.7. The lowest BCUT2D eigenvalue weighted by molar-refractivity contribution is -0.142. The molecule has 3 rings (SSSR count). The average molecular weight is 527 g/mol. The third-order valence-electron chi connectivity index (χ3n) is 5.69. The van der Waals surface area contributed by atoms with E-state index in [2.05, 4.69) is 35.9 Å². The van der Waals surface area contributed by atoms with Gasteiger partial charge in [-0.25, -0.2) is 14.8 Å². The standard InChI is InChI=1S/C24H30N8O6/c1-13(21(34)32-20(24(37)38)6-14-2-4-17(33)5-3-14)30-23(36)19(8-16-10-27-12-29-16)31-22(35)18(25)7-15-9-26-11-28-15/h2-5,9-13,18-20,33H,6-8,25H2,1H3,(H,26,28)(H,27,29)(H,30,36)(H,31,35)(H,32,34)(H,37,38). The van der Waals surface area contributed by atoms with Crippen LogP contribution < -0.4 is 21.7 Å². The molecule has 0 fully saturated rings. The lowest BCUT2D eigenvalue weighted by atomic mass is 10.1. The van der Waals surface area contributed by atoms with Crippen LogP contribution in [-0.4, -0.2) is 78.0 Å². The maximum absolute atomic E-state index is 13.1. The molecule has 4 atom stereocenters. The predicted molar refractivity (Wildman–Crippen MR) is 133 cm³/mol. The van der Waals surface area contributed by atoms with Crippen molar-refractivity contribution in [3.63, 3.8) is 0 Å². The van der Waals surface area contributed by atoms with Gasteiger partial charge in [-0.1, -0.05) is 12.1 Å². The van der Waals surface area contributed by atoms with Crippen LogP contribution in [0.3, 0.4) is 0 Å². The van der Waals surface area contributed by atoms with Crippen LogP contribution in [-0.2, 0) is 38.4 Å². The Hall–Kier alpha value is -4.72. The molecule has 4 unspecified atom stereocenters. The molecule has 0 saturated carbocycles. The molecule has 202 valence electrons. The highest BCUT2D eigenvalue weighted by molar-refractivity contribution is 5.94. The number of aromatic nitrogens is 4. The van der Waals surface area contributed by atoms with Gasteiger partial charge in [0.15, 0.2) is 0 Å². The normalized spacial score (nSPS) is 14.1. The van der Waals surface area contributed by atoms with Crippen LogP contribution in [0.15, 0.2) is 49.3 Å². The van der Waals surface area contributed by atoms with E-state index in [1.54, 1.807) is 12.1 Å². The fraction of sp³-hybridized carbons (Fsp3) is 0.333. The van der Waals surface area contributed by atoms with Crippen molar-refractivity contribution >= 4 is 23.7 Å². The number of benzene rings is 1. The largest absolute Gasteiger partial charge is 0.508 e. The number of imidazole rings is 2. The maximum atomic E-state index is 13.1. The lowest BCUT2D eigenvalue weighted by Gasteiger charge is -2.23. The highest BCUT2D eigenvalue weighted by atomic mass is 16.4. The molecular weight excluding hydrogens is 496 g/mol. The second-order valence-electron chi connectivity index (χ2n) is 8.73. The fourth-order valence-corrected chi connectivity index (χ4v) is 3.57. The summed E-state index contributed by atoms with van der Waals surface area (Å²) in [5, 5.41) is 26.5. The molecule has 38 heavy (non-hydrogen) atoms. The van der Waals surface area contributed by atoms with E-state index in [1.165, 1.54) is 44.1 Å². The number of nitrogens with zero attached hydrogens (tertiary/aromatic N) is 2. The van der Waals surface area contributed by atoms with E-state index in [1.807, 2.05) is 0 Å². The second kappa shape index (κ2) is 13.0. The third kappa shape index (κ3) is 8.16. The minimum Gasteiger partial charge on any atom is -0.508 e. The number of phenols is 1. The number of carboxylic acids is 1. The zero-order chi connectivity index (χ0) is 27.7. The number of H-pyrrole nitrogens is 2. The highest BCUT2D eigenvalue weighted by Crippen LogP contribution is 2.11. The minimum absolute atomic E-state index is 0.0278. The molecule has 0 aliphatic carbocycles. The van der Waals surface area contributed by atoms with E-state index < -0.39 is 47.9 Å². The van der Waals surface area contributed by atoms with E-state index in [-0.39, 0.29) is 25.0 Å². The Bertz CT molecular complexity index is 1210. The van der Waals surface area contributed by atoms with Crippen LogP contribution in [0.5, 0.6) is 5.75 Å². The SMILES string of the molecule is CC(NC(=O)C(Cc1cnc[nH]1)NC(=O)C(N)Cc1cnc[nH]1)C(=O)NC(Cc1ccc(O)cc1)C(=O)O. The lowest BCUT2D eigenvalue weighted by Crippen LogP contribution is -2.57. The molecule has 2 aromatic heterocycles. The summed E-state index contributed by atoms with van der Waals surface area (Å²) in [5.74, 6) is -3.22. The molecule has 9 N–H and O–H groups in total. The number of rotatable bonds is 13. The van der Waals surface area contributed by atoms with Crippen molar-refractivity contribution in [3.8, 4) is 5.75 Å². The molecule has 3 aromatic rings. The molecule has 0 spiro atoms. The molecule has 14 nitrogen and oxygen atoms in total. The Kier molecular flexibility index (Phi) is 9.54. The van der Waals surface area contributed by atoms with Gasteiger partial charge in [-0.05, 0) is 24.6 Å². The fourth-order valence-electron chi connectivity index (χ4n) is 3.57. The molecule has 0 radical (unpaired) electrons. The van der Waals surface area contributed by atoms with Crippen LogP contribution in [0.2, 0.25) is 0 Å². The number of aliphatic carboxylic acids is 1. The van der Waals surface area contributed by atoms with E-state index in [4.69, 9.17) is 5.73 Å². The Balaban J connectivity index is 1.62. The van der Waals surface area contributed by atoms with Crippen LogP contribution >= 0.6 is 0 Å². The number of carboxylic acid groups (broad SMARTS) is 1. The molecule has 3 amide bonds. The first-order valence-corrected chi connectivity index (χ1v) is 11.7. The van der Waals surface area contributed by atoms with Crippen LogP contribution in [0.25, 0.3) is 0 Å². The summed E-state index contributed by atoms with van der Waals surface area (Å²) < 4.78 is 0. The molecule has 14 heteroatoms. The number of phenolic OH excluding ortho intramolecular Hbond substituents is 1. The summed E-state index contributed by atoms with van der Waals surface area (Å²) in [6.45, 7) is 1.39. The van der Waals surface area contributed by atoms with E-state index >= 15 is 0 Å². The number of nitrogens with two attached hydrogens (primary N) is 1. The van der Waals surface area contributed by atoms with Gasteiger partial charge >= 0.3 is 5.97 Å². The molecule has 0 aliphatic heterocycles. The Morgan fingerprint density at radius 2 is 1.42 bits per heavy atom. The first-order valence-electron chi connectivity index (χ1n) is 11.7. The molecular formula is C24H30N8O6. The van der Waals surface area contributed by atoms with Crippen molar-refractivity contribution in [1.82, 2.24) is 35.9 Å². The van der Waals surface area contributed by atoms with Gasteiger partial charge in [0.1, 0.15) is 23.9 Å². The van der Waals surface area contributed by atoms with Gasteiger partial charge in [0.05, 0.1) is 18.7 Å². The Labute approximate surface area is 217 Å². The highest BCUT2D eigenvalue weighted by Gasteiger charge is 2.29. The zero-order valence-corrected chi connectivity index (χ0v) is 20.5. The summed E-state index contributed by atoms with van der Waals surface area (Å²) in [7, 11) is 0. The summed E-state index contributed by atoms with van der Waals surface area (Å²) in [5.41, 5.74) is 7.78. The van der Waals surface area contributed by atoms with Crippen molar-refractivity contribution < 1.29 is 29.4 Å². The molecule has 0 aliphatic rings. The Morgan fingerprint density at radius 1 is 0.842 bits per heavy atom. The van der Waals surface area contributed by atoms with Crippen LogP contribution in [0.4, 0.5) is 0 Å². The van der Waals surface area contributed by atoms with Crippen molar-refractivity contribution in [1.29, 1.82) is 0 Å². The van der Waals surface area contributed by atoms with Gasteiger partial charge < -0.3 is 41.9 Å². The number of carbonyl (C=O) groups excluding carboxylic acids is 3. The Morgan fingerprint density at radius 3 is 1.97 bits per heavy atom. The smallest absolute Gasteiger partial charge is 0.326 e. The number of amides is 3. The summed E-state index contributed by atoms with van der Waals surface area (Å²) in [6, 6.07) is 1.45. The number of nitrogens with one attached hydrogen (secondary N) is 5. The molecule has 1 aromatic carbocycles. The molecule has 0 bridgehead atoms. The summed E-state index contributed by atoms with van der Waals surface area (Å²) >= 11 is 0. The maximum Gasteiger partial charge on any atom is 0.326 e. The van der Waals surface area contributed by atoms with Gasteiger partial charge in [-0.3, -0.25) is 14.4 Å². The van der Waals surface area contributed by atoms with Crippen LogP contribution in [0.1, 0.15) is 23.9 Å². The van der Waals surface area contributed by atoms with Gasteiger partial charge in [-0.2, -0.15) is 0 Å². The predicted octanol–water partition coefficient (Wildman–Crippen LogP) is -1.25. The third-order valence-corrected chi connectivity index (χ3v) is 5.69. The number of hydrogen-bond donors (Lipinski definition) is 8. The van der Waals surface area contributed by atoms with Crippen molar-refractivity contribution in [2.24, 2.45) is 5.73 Å². The van der Waals surface area contributed by atoms with E-state index in [0.717, 1.165) is 0 Å². The van der Waals surface area contributed by atoms with Gasteiger partial charge in [0.2, 0.25) is 17.7 Å². The van der Waals surface area contributed by atoms with E-state index in [9.17, 15) is 29.4 Å². The van der Waals surface area contributed by atoms with E-state index in [0.29, 0.717) is 17.0 Å². The minimum atomic E-state index is -1.27. The second-order valence-corrected chi connectivity index (χ2v) is 8.73. The molecule has 0 saturated heterocycles. The molecule has 2 heterocycles. The van der Waals surface area contributed by atoms with Gasteiger partial charge in [-0.15, -0.1) is 0 Å². The number of aromatic amines is 2. The first kappa shape index (κ1) is 27.9. The van der Waals surface area contributed by atoms with Gasteiger partial charge in [0, 0.05) is 43.0 Å². The topological polar surface area (TPSA) is 228 Å². The monoisotopic (exact) mass is 526 g/mol. The van der Waals surface area contributed by atoms with Gasteiger partial charge in [0.25, 0.3) is 0 Å². The average Bonchev–Trinajstić information content (AvgIpc) is 3.58. The number of aromatic hydroxyl groups is 1. The summed E-state index contributed by atoms with van der Waals surface area (Å²) in [6.07, 6.45) is 6.09. The first-order chi connectivity index (χ1) is 18.1. The van der Waals surface area contributed by atoms with Crippen molar-refractivity contribution in [2.45, 2.75) is 50.4 Å². The van der Waals surface area contributed by atoms with Crippen molar-refractivity contribution in [3.05, 3.63) is 66.3 Å². The number of hydrogen-bond acceptors (Lipinski definition) is 8. The zero-order valence-electron chi connectivity index (χ0n) is 20.5. The quantitative estimate of drug-likeness (QED) is 0.133. The number of carbonyl (C=O) groups is 4. The van der Waals surface area contributed by atoms with Crippen molar-refractivity contribution in [2.75, 3.05) is 0 Å². The van der Waals surface area contributed by atoms with Crippen LogP contribution in [0, 0.1) is 0 Å².